The predicted octanol–water partition coefficient (Wildman–Crippen LogP) is 0.985. The Morgan fingerprint density at radius 2 is 2.18 bits per heavy atom. The molecule has 0 atom stereocenters. The number of aromatic nitrogens is 1. The summed E-state index contributed by atoms with van der Waals surface area (Å²) in [6.07, 6.45) is 0. The van der Waals surface area contributed by atoms with E-state index in [9.17, 15) is 4.79 Å². The molecule has 1 fully saturated rings. The van der Waals surface area contributed by atoms with Crippen molar-refractivity contribution in [1.29, 1.82) is 0 Å². The molecule has 1 aliphatic heterocycles. The van der Waals surface area contributed by atoms with E-state index in [0.717, 1.165) is 32.0 Å². The highest BCUT2D eigenvalue weighted by molar-refractivity contribution is 6.32. The first-order chi connectivity index (χ1) is 8.22. The average molecular weight is 253 g/mol. The van der Waals surface area contributed by atoms with Crippen molar-refractivity contribution < 1.29 is 4.79 Å². The molecular weight excluding hydrogens is 240 g/mol. The van der Waals surface area contributed by atoms with Crippen molar-refractivity contribution in [3.8, 4) is 0 Å². The zero-order chi connectivity index (χ0) is 12.3. The van der Waals surface area contributed by atoms with Crippen LogP contribution in [0.3, 0.4) is 0 Å². The molecule has 0 saturated carbocycles. The summed E-state index contributed by atoms with van der Waals surface area (Å²) in [7, 11) is 0. The average Bonchev–Trinajstić information content (AvgIpc) is 2.39. The van der Waals surface area contributed by atoms with Crippen molar-refractivity contribution in [3.05, 3.63) is 22.8 Å². The smallest absolute Gasteiger partial charge is 0.279 e. The number of anilines is 1. The summed E-state index contributed by atoms with van der Waals surface area (Å²) in [5, 5.41) is 3.44. The Labute approximate surface area is 105 Å². The molecule has 90 valence electrons. The zero-order valence-electron chi connectivity index (χ0n) is 9.32. The maximum absolute atomic E-state index is 11.3. The lowest BCUT2D eigenvalue weighted by Gasteiger charge is -2.28. The summed E-state index contributed by atoms with van der Waals surface area (Å²) in [5.74, 6) is 0.339. The van der Waals surface area contributed by atoms with E-state index in [4.69, 9.17) is 11.6 Å². The van der Waals surface area contributed by atoms with E-state index >= 15 is 0 Å². The minimum atomic E-state index is -0.450. The number of piperazine rings is 1. The molecule has 1 aliphatic rings. The summed E-state index contributed by atoms with van der Waals surface area (Å²) in [4.78, 5) is 21.0. The molecule has 1 aromatic rings. The summed E-state index contributed by atoms with van der Waals surface area (Å²) in [6.45, 7) is 6.81. The van der Waals surface area contributed by atoms with Crippen LogP contribution in [0, 0.1) is 0 Å². The van der Waals surface area contributed by atoms with Crippen LogP contribution >= 0.6 is 11.6 Å². The molecule has 2 rings (SSSR count). The molecule has 0 aromatic carbocycles. The van der Waals surface area contributed by atoms with Gasteiger partial charge in [-0.25, -0.2) is 9.98 Å². The standard InChI is InChI=1S/C11H13ClN4O/c1-13-11(17)8-2-3-9(15-10(8)12)16-6-4-14-5-7-16/h2-3,14H,1,4-7H2. The first-order valence-electron chi connectivity index (χ1n) is 5.35. The van der Waals surface area contributed by atoms with Crippen molar-refractivity contribution in [2.24, 2.45) is 4.99 Å². The number of hydrogen-bond donors (Lipinski definition) is 1. The van der Waals surface area contributed by atoms with Crippen LogP contribution < -0.4 is 10.2 Å². The Bertz CT molecular complexity index is 443. The summed E-state index contributed by atoms with van der Waals surface area (Å²) >= 11 is 5.96. The lowest BCUT2D eigenvalue weighted by Crippen LogP contribution is -2.43. The fraction of sp³-hybridized carbons (Fsp3) is 0.364. The second-order valence-corrected chi connectivity index (χ2v) is 4.07. The van der Waals surface area contributed by atoms with Crippen molar-refractivity contribution in [1.82, 2.24) is 10.3 Å². The van der Waals surface area contributed by atoms with E-state index in [2.05, 4.69) is 26.9 Å². The molecule has 2 heterocycles. The summed E-state index contributed by atoms with van der Waals surface area (Å²) in [6, 6.07) is 3.43. The van der Waals surface area contributed by atoms with Gasteiger partial charge in [-0.05, 0) is 18.9 Å². The number of rotatable bonds is 2. The van der Waals surface area contributed by atoms with E-state index in [1.807, 2.05) is 0 Å². The third-order valence-corrected chi connectivity index (χ3v) is 2.94. The lowest BCUT2D eigenvalue weighted by molar-refractivity contribution is 0.100. The first kappa shape index (κ1) is 12.0. The summed E-state index contributed by atoms with van der Waals surface area (Å²) < 4.78 is 0. The summed E-state index contributed by atoms with van der Waals surface area (Å²) in [5.41, 5.74) is 0.292. The van der Waals surface area contributed by atoms with Crippen LogP contribution in [0.1, 0.15) is 10.4 Å². The minimum absolute atomic E-state index is 0.179. The van der Waals surface area contributed by atoms with Gasteiger partial charge < -0.3 is 10.2 Å². The second kappa shape index (κ2) is 5.25. The van der Waals surface area contributed by atoms with Gasteiger partial charge >= 0.3 is 0 Å². The lowest BCUT2D eigenvalue weighted by atomic mass is 10.2. The van der Waals surface area contributed by atoms with Crippen molar-refractivity contribution in [3.63, 3.8) is 0 Å². The molecule has 1 N–H and O–H groups in total. The Morgan fingerprint density at radius 3 is 2.76 bits per heavy atom. The maximum Gasteiger partial charge on any atom is 0.279 e. The number of hydrogen-bond acceptors (Lipinski definition) is 4. The number of nitrogens with zero attached hydrogens (tertiary/aromatic N) is 3. The molecule has 0 radical (unpaired) electrons. The van der Waals surface area contributed by atoms with E-state index < -0.39 is 5.91 Å². The Balaban J connectivity index is 2.23. The quantitative estimate of drug-likeness (QED) is 0.630. The van der Waals surface area contributed by atoms with Crippen molar-refractivity contribution >= 4 is 30.0 Å². The molecule has 1 saturated heterocycles. The zero-order valence-corrected chi connectivity index (χ0v) is 10.1. The van der Waals surface area contributed by atoms with Gasteiger partial charge in [0.25, 0.3) is 5.91 Å². The first-order valence-corrected chi connectivity index (χ1v) is 5.73. The van der Waals surface area contributed by atoms with E-state index in [1.54, 1.807) is 12.1 Å². The maximum atomic E-state index is 11.3. The topological polar surface area (TPSA) is 57.6 Å². The Kier molecular flexibility index (Phi) is 3.71. The van der Waals surface area contributed by atoms with Gasteiger partial charge in [-0.2, -0.15) is 0 Å². The molecule has 0 spiro atoms. The molecule has 1 aromatic heterocycles. The van der Waals surface area contributed by atoms with Crippen LogP contribution in [0.25, 0.3) is 0 Å². The van der Waals surface area contributed by atoms with Crippen LogP contribution in [0.5, 0.6) is 0 Å². The van der Waals surface area contributed by atoms with Gasteiger partial charge in [0, 0.05) is 26.2 Å². The number of carbonyl (C=O) groups excluding carboxylic acids is 1. The molecule has 0 unspecified atom stereocenters. The highest BCUT2D eigenvalue weighted by atomic mass is 35.5. The molecule has 0 aliphatic carbocycles. The third-order valence-electron chi connectivity index (χ3n) is 2.65. The van der Waals surface area contributed by atoms with Crippen LogP contribution in [0.2, 0.25) is 5.15 Å². The third kappa shape index (κ3) is 2.62. The van der Waals surface area contributed by atoms with Crippen molar-refractivity contribution in [2.45, 2.75) is 0 Å². The number of amides is 1. The van der Waals surface area contributed by atoms with Crippen LogP contribution in [-0.2, 0) is 0 Å². The number of pyridine rings is 1. The van der Waals surface area contributed by atoms with Gasteiger partial charge in [0.15, 0.2) is 0 Å². The monoisotopic (exact) mass is 252 g/mol. The van der Waals surface area contributed by atoms with Crippen LogP contribution in [0.4, 0.5) is 5.82 Å². The van der Waals surface area contributed by atoms with Crippen LogP contribution in [-0.4, -0.2) is 43.8 Å². The van der Waals surface area contributed by atoms with Gasteiger partial charge in [0.1, 0.15) is 11.0 Å². The molecule has 17 heavy (non-hydrogen) atoms. The highest BCUT2D eigenvalue weighted by Crippen LogP contribution is 2.20. The number of aliphatic imine (C=N–C) groups is 1. The van der Waals surface area contributed by atoms with Gasteiger partial charge in [0.05, 0.1) is 5.56 Å². The minimum Gasteiger partial charge on any atom is -0.354 e. The second-order valence-electron chi connectivity index (χ2n) is 3.71. The van der Waals surface area contributed by atoms with Crippen molar-refractivity contribution in [2.75, 3.05) is 31.1 Å². The van der Waals surface area contributed by atoms with Gasteiger partial charge in [-0.1, -0.05) is 11.6 Å². The molecule has 0 bridgehead atoms. The predicted molar refractivity (Wildman–Crippen MR) is 68.2 cm³/mol. The fourth-order valence-electron chi connectivity index (χ4n) is 1.74. The number of halogens is 1. The normalized spacial score (nSPS) is 15.7. The Hall–Kier alpha value is -1.46. The van der Waals surface area contributed by atoms with E-state index in [0.29, 0.717) is 5.56 Å². The van der Waals surface area contributed by atoms with E-state index in [-0.39, 0.29) is 5.15 Å². The van der Waals surface area contributed by atoms with Gasteiger partial charge in [-0.3, -0.25) is 4.79 Å². The number of nitrogens with one attached hydrogen (secondary N) is 1. The SMILES string of the molecule is C=NC(=O)c1ccc(N2CCNCC2)nc1Cl. The van der Waals surface area contributed by atoms with Gasteiger partial charge in [-0.15, -0.1) is 0 Å². The molecular formula is C11H13ClN4O. The van der Waals surface area contributed by atoms with Crippen LogP contribution in [0.15, 0.2) is 17.1 Å². The van der Waals surface area contributed by atoms with E-state index in [1.165, 1.54) is 0 Å². The fourth-order valence-corrected chi connectivity index (χ4v) is 1.97. The molecule has 1 amide bonds. The largest absolute Gasteiger partial charge is 0.354 e. The number of carbonyl (C=O) groups is 1. The molecule has 5 nitrogen and oxygen atoms in total. The Morgan fingerprint density at radius 1 is 1.47 bits per heavy atom. The molecule has 6 heteroatoms. The highest BCUT2D eigenvalue weighted by Gasteiger charge is 2.15. The van der Waals surface area contributed by atoms with Gasteiger partial charge in [0.2, 0.25) is 0 Å².